The fraction of sp³-hybridized carbons (Fsp3) is 0.150. The van der Waals surface area contributed by atoms with E-state index in [0.717, 1.165) is 32.9 Å². The van der Waals surface area contributed by atoms with E-state index in [2.05, 4.69) is 44.5 Å². The lowest BCUT2D eigenvalue weighted by molar-refractivity contribution is -0.0190. The Morgan fingerprint density at radius 3 is 2.77 bits per heavy atom. The monoisotopic (exact) mass is 444 g/mol. The Bertz CT molecular complexity index is 988. The number of hydrazone groups is 1. The van der Waals surface area contributed by atoms with Crippen LogP contribution in [0.3, 0.4) is 0 Å². The first kappa shape index (κ1) is 16.4. The van der Waals surface area contributed by atoms with Gasteiger partial charge in [0, 0.05) is 27.0 Å². The van der Waals surface area contributed by atoms with Gasteiger partial charge in [0.2, 0.25) is 6.23 Å². The molecule has 0 unspecified atom stereocenters. The molecule has 1 aromatic heterocycles. The third-order valence-corrected chi connectivity index (χ3v) is 6.38. The maximum absolute atomic E-state index is 6.35. The number of hydrogen-bond acceptors (Lipinski definition) is 4. The zero-order chi connectivity index (χ0) is 17.7. The van der Waals surface area contributed by atoms with Gasteiger partial charge in [-0.15, -0.1) is 11.3 Å². The molecule has 0 spiro atoms. The topological polar surface area (TPSA) is 24.8 Å². The van der Waals surface area contributed by atoms with E-state index in [-0.39, 0.29) is 12.3 Å². The maximum Gasteiger partial charge on any atom is 0.213 e. The third-order valence-electron chi connectivity index (χ3n) is 4.71. The summed E-state index contributed by atoms with van der Waals surface area (Å²) in [5.74, 6) is 0.914. The molecule has 3 aromatic rings. The van der Waals surface area contributed by atoms with E-state index in [0.29, 0.717) is 0 Å². The average molecular weight is 446 g/mol. The first-order chi connectivity index (χ1) is 12.7. The third kappa shape index (κ3) is 2.75. The van der Waals surface area contributed by atoms with Crippen molar-refractivity contribution < 1.29 is 4.74 Å². The lowest BCUT2D eigenvalue weighted by Gasteiger charge is -2.38. The summed E-state index contributed by atoms with van der Waals surface area (Å²) in [5.41, 5.74) is 3.32. The number of ether oxygens (including phenoxy) is 1. The van der Waals surface area contributed by atoms with Crippen LogP contribution in [0, 0.1) is 0 Å². The molecular formula is C20H14BrClN2OS. The summed E-state index contributed by atoms with van der Waals surface area (Å²) in [6.45, 7) is 0. The molecule has 2 aromatic carbocycles. The van der Waals surface area contributed by atoms with Crippen LogP contribution in [0.25, 0.3) is 0 Å². The van der Waals surface area contributed by atoms with Gasteiger partial charge in [0.25, 0.3) is 0 Å². The quantitative estimate of drug-likeness (QED) is 0.455. The standard InChI is InChI=1S/C20H14BrClN2OS/c21-13-5-8-18-15(10-13)17-11-16(19-2-1-9-26-19)23-24(17)20(25-18)12-3-6-14(22)7-4-12/h1-10,17,20H,11H2/t17-,20-/m1/s1. The largest absolute Gasteiger partial charge is 0.464 e. The Hall–Kier alpha value is -1.82. The highest BCUT2D eigenvalue weighted by Crippen LogP contribution is 2.48. The first-order valence-corrected chi connectivity index (χ1v) is 10.4. The molecule has 3 nitrogen and oxygen atoms in total. The van der Waals surface area contributed by atoms with Crippen LogP contribution in [0.5, 0.6) is 5.75 Å². The summed E-state index contributed by atoms with van der Waals surface area (Å²) in [7, 11) is 0. The summed E-state index contributed by atoms with van der Waals surface area (Å²) in [6.07, 6.45) is 0.612. The van der Waals surface area contributed by atoms with Crippen molar-refractivity contribution in [2.45, 2.75) is 18.7 Å². The van der Waals surface area contributed by atoms with Gasteiger partial charge < -0.3 is 4.74 Å². The van der Waals surface area contributed by atoms with Crippen molar-refractivity contribution in [2.24, 2.45) is 5.10 Å². The number of benzene rings is 2. The highest BCUT2D eigenvalue weighted by molar-refractivity contribution is 9.10. The van der Waals surface area contributed by atoms with Gasteiger partial charge in [-0.1, -0.05) is 45.7 Å². The second-order valence-corrected chi connectivity index (χ2v) is 8.63. The van der Waals surface area contributed by atoms with E-state index >= 15 is 0 Å². The molecule has 6 heteroatoms. The van der Waals surface area contributed by atoms with Crippen LogP contribution in [-0.2, 0) is 0 Å². The van der Waals surface area contributed by atoms with Gasteiger partial charge in [0.1, 0.15) is 5.75 Å². The maximum atomic E-state index is 6.35. The Labute approximate surface area is 169 Å². The van der Waals surface area contributed by atoms with Gasteiger partial charge in [0.15, 0.2) is 0 Å². The van der Waals surface area contributed by atoms with Crippen molar-refractivity contribution in [1.29, 1.82) is 0 Å². The molecule has 26 heavy (non-hydrogen) atoms. The minimum Gasteiger partial charge on any atom is -0.464 e. The molecule has 0 radical (unpaired) electrons. The second-order valence-electron chi connectivity index (χ2n) is 6.33. The molecule has 130 valence electrons. The van der Waals surface area contributed by atoms with E-state index in [1.807, 2.05) is 36.4 Å². The van der Waals surface area contributed by atoms with Crippen LogP contribution >= 0.6 is 38.9 Å². The Kier molecular flexibility index (Phi) is 4.03. The minimum absolute atomic E-state index is 0.161. The van der Waals surface area contributed by atoms with Crippen LogP contribution in [0.15, 0.2) is 69.6 Å². The van der Waals surface area contributed by atoms with Crippen LogP contribution in [0.2, 0.25) is 5.02 Å². The minimum atomic E-state index is -0.261. The van der Waals surface area contributed by atoms with Gasteiger partial charge in [-0.25, -0.2) is 5.01 Å². The van der Waals surface area contributed by atoms with Crippen molar-refractivity contribution in [3.8, 4) is 5.75 Å². The Balaban J connectivity index is 1.61. The Morgan fingerprint density at radius 2 is 2.00 bits per heavy atom. The molecule has 0 saturated carbocycles. The molecule has 2 aliphatic heterocycles. The van der Waals surface area contributed by atoms with E-state index in [4.69, 9.17) is 21.4 Å². The fourth-order valence-corrected chi connectivity index (χ4v) is 4.72. The molecule has 3 heterocycles. The van der Waals surface area contributed by atoms with E-state index in [9.17, 15) is 0 Å². The lowest BCUT2D eigenvalue weighted by Crippen LogP contribution is -2.33. The smallest absolute Gasteiger partial charge is 0.213 e. The van der Waals surface area contributed by atoms with Crippen molar-refractivity contribution in [2.75, 3.05) is 0 Å². The first-order valence-electron chi connectivity index (χ1n) is 8.30. The number of thiophene rings is 1. The SMILES string of the molecule is Clc1ccc([C@H]2Oc3ccc(Br)cc3[C@H]3CC(c4cccs4)=NN32)cc1. The number of hydrogen-bond donors (Lipinski definition) is 0. The van der Waals surface area contributed by atoms with Crippen molar-refractivity contribution in [3.05, 3.63) is 85.5 Å². The summed E-state index contributed by atoms with van der Waals surface area (Å²) >= 11 is 11.4. The van der Waals surface area contributed by atoms with Crippen LogP contribution in [0.1, 0.15) is 34.7 Å². The second kappa shape index (κ2) is 6.41. The average Bonchev–Trinajstić information content (AvgIpc) is 3.32. The molecule has 2 atom stereocenters. The molecule has 0 bridgehead atoms. The van der Waals surface area contributed by atoms with Crippen LogP contribution in [-0.4, -0.2) is 10.7 Å². The molecule has 0 fully saturated rings. The van der Waals surface area contributed by atoms with E-state index in [1.165, 1.54) is 10.4 Å². The summed E-state index contributed by atoms with van der Waals surface area (Å²) in [5, 5.41) is 9.85. The Morgan fingerprint density at radius 1 is 1.15 bits per heavy atom. The van der Waals surface area contributed by atoms with Crippen molar-refractivity contribution in [3.63, 3.8) is 0 Å². The van der Waals surface area contributed by atoms with Gasteiger partial charge in [0.05, 0.1) is 16.6 Å². The predicted molar refractivity (Wildman–Crippen MR) is 109 cm³/mol. The molecule has 0 aliphatic carbocycles. The molecule has 0 amide bonds. The fourth-order valence-electron chi connectivity index (χ4n) is 3.50. The molecule has 2 aliphatic rings. The van der Waals surface area contributed by atoms with Crippen molar-refractivity contribution >= 4 is 44.6 Å². The zero-order valence-corrected chi connectivity index (χ0v) is 16.8. The van der Waals surface area contributed by atoms with Crippen LogP contribution < -0.4 is 4.74 Å². The molecule has 0 saturated heterocycles. The van der Waals surface area contributed by atoms with E-state index < -0.39 is 0 Å². The van der Waals surface area contributed by atoms with Gasteiger partial charge in [-0.2, -0.15) is 5.10 Å². The number of fused-ring (bicyclic) bond motifs is 3. The zero-order valence-electron chi connectivity index (χ0n) is 13.6. The number of rotatable bonds is 2. The molecule has 0 N–H and O–H groups in total. The van der Waals surface area contributed by atoms with Gasteiger partial charge >= 0.3 is 0 Å². The normalized spacial score (nSPS) is 21.0. The van der Waals surface area contributed by atoms with Crippen LogP contribution in [0.4, 0.5) is 0 Å². The summed E-state index contributed by atoms with van der Waals surface area (Å²) in [4.78, 5) is 1.21. The molecular weight excluding hydrogens is 432 g/mol. The van der Waals surface area contributed by atoms with Gasteiger partial charge in [-0.3, -0.25) is 0 Å². The molecule has 5 rings (SSSR count). The summed E-state index contributed by atoms with van der Waals surface area (Å²) < 4.78 is 7.40. The number of nitrogens with zero attached hydrogens (tertiary/aromatic N) is 2. The number of halogens is 2. The highest BCUT2D eigenvalue weighted by atomic mass is 79.9. The lowest BCUT2D eigenvalue weighted by atomic mass is 9.98. The van der Waals surface area contributed by atoms with Gasteiger partial charge in [-0.05, 0) is 41.8 Å². The highest BCUT2D eigenvalue weighted by Gasteiger charge is 2.41. The van der Waals surface area contributed by atoms with E-state index in [1.54, 1.807) is 11.3 Å². The summed E-state index contributed by atoms with van der Waals surface area (Å²) in [6, 6.07) is 18.3. The predicted octanol–water partition coefficient (Wildman–Crippen LogP) is 6.41. The van der Waals surface area contributed by atoms with Crippen molar-refractivity contribution in [1.82, 2.24) is 5.01 Å².